The van der Waals surface area contributed by atoms with E-state index in [9.17, 15) is 22.8 Å². The zero-order valence-electron chi connectivity index (χ0n) is 27.1. The average molecular weight is 682 g/mol. The van der Waals surface area contributed by atoms with Crippen molar-refractivity contribution in [1.82, 2.24) is 10.2 Å². The van der Waals surface area contributed by atoms with Crippen molar-refractivity contribution >= 4 is 50.8 Å². The summed E-state index contributed by atoms with van der Waals surface area (Å²) in [5.41, 5.74) is 0.0658. The van der Waals surface area contributed by atoms with Gasteiger partial charge in [0.15, 0.2) is 15.2 Å². The van der Waals surface area contributed by atoms with E-state index in [1.807, 2.05) is 97.1 Å². The molecule has 10 heteroatoms. The third-order valence-electron chi connectivity index (χ3n) is 8.50. The average Bonchev–Trinajstić information content (AvgIpc) is 3.06. The number of rotatable bonds is 9. The number of hydrogen-bond acceptors (Lipinski definition) is 6. The summed E-state index contributed by atoms with van der Waals surface area (Å²) in [7, 11) is -6.72. The Morgan fingerprint density at radius 3 is 1.71 bits per heavy atom. The first-order valence-electron chi connectivity index (χ1n) is 15.8. The number of ether oxygens (including phenoxy) is 1. The van der Waals surface area contributed by atoms with E-state index in [4.69, 9.17) is 4.74 Å². The van der Waals surface area contributed by atoms with Crippen LogP contribution in [-0.4, -0.2) is 60.0 Å². The number of β-lactam (4-membered cyclic amide) rings is 1. The van der Waals surface area contributed by atoms with Crippen LogP contribution in [0.5, 0.6) is 0 Å². The number of esters is 1. The Morgan fingerprint density at radius 2 is 1.25 bits per heavy atom. The molecule has 48 heavy (non-hydrogen) atoms. The van der Waals surface area contributed by atoms with Crippen LogP contribution >= 0.6 is 7.26 Å². The van der Waals surface area contributed by atoms with E-state index in [1.165, 1.54) is 0 Å². The van der Waals surface area contributed by atoms with Crippen LogP contribution in [0.4, 0.5) is 0 Å². The summed E-state index contributed by atoms with van der Waals surface area (Å²) in [6.07, 6.45) is 0.163. The minimum absolute atomic E-state index is 0.0182. The number of carbonyl (C=O) groups excluding carboxylic acids is 3. The van der Waals surface area contributed by atoms with Gasteiger partial charge in [0.25, 0.3) is 5.91 Å². The van der Waals surface area contributed by atoms with Crippen LogP contribution in [0.1, 0.15) is 26.3 Å². The van der Waals surface area contributed by atoms with Crippen LogP contribution in [-0.2, 0) is 35.4 Å². The number of benzene rings is 4. The lowest BCUT2D eigenvalue weighted by Gasteiger charge is -2.49. The molecule has 2 atom stereocenters. The second-order valence-corrected chi connectivity index (χ2v) is 18.6. The second kappa shape index (κ2) is 13.1. The van der Waals surface area contributed by atoms with Gasteiger partial charge in [0.1, 0.15) is 40.5 Å². The Bertz CT molecular complexity index is 1860. The normalized spacial score (nSPS) is 18.8. The fourth-order valence-electron chi connectivity index (χ4n) is 6.52. The molecule has 1 N–H and O–H groups in total. The summed E-state index contributed by atoms with van der Waals surface area (Å²) in [4.78, 5) is 42.0. The molecule has 1 saturated heterocycles. The van der Waals surface area contributed by atoms with E-state index in [2.05, 4.69) is 5.32 Å². The van der Waals surface area contributed by atoms with Crippen molar-refractivity contribution in [2.45, 2.75) is 44.2 Å². The zero-order chi connectivity index (χ0) is 34.1. The van der Waals surface area contributed by atoms with Gasteiger partial charge in [-0.15, -0.1) is 0 Å². The van der Waals surface area contributed by atoms with Crippen LogP contribution < -0.4 is 21.2 Å². The van der Waals surface area contributed by atoms with E-state index < -0.39 is 57.7 Å². The SMILES string of the molecule is CC(C)(C)OC(=O)C1=C(C[P+](c2ccccc2)(c2ccccc2)c2ccccc2)CS(=O)(=O)[C@@H]2[C@H](NC(=O)Cc3ccccc3)C(=O)N12. The van der Waals surface area contributed by atoms with Crippen LogP contribution in [0.15, 0.2) is 133 Å². The highest BCUT2D eigenvalue weighted by molar-refractivity contribution is 7.96. The van der Waals surface area contributed by atoms with Gasteiger partial charge >= 0.3 is 5.97 Å². The molecule has 246 valence electrons. The summed E-state index contributed by atoms with van der Waals surface area (Å²) in [6.45, 7) is 5.17. The minimum atomic E-state index is -4.06. The van der Waals surface area contributed by atoms with Gasteiger partial charge in [-0.05, 0) is 62.7 Å². The molecule has 0 aliphatic carbocycles. The van der Waals surface area contributed by atoms with E-state index in [1.54, 1.807) is 45.0 Å². The fraction of sp³-hybridized carbons (Fsp3) is 0.237. The van der Waals surface area contributed by atoms with Gasteiger partial charge in [0.05, 0.1) is 18.3 Å². The Morgan fingerprint density at radius 1 is 0.792 bits per heavy atom. The summed E-state index contributed by atoms with van der Waals surface area (Å²) >= 11 is 0. The molecule has 6 rings (SSSR count). The molecule has 4 aromatic carbocycles. The third kappa shape index (κ3) is 6.45. The molecule has 1 fully saturated rings. The predicted molar refractivity (Wildman–Crippen MR) is 189 cm³/mol. The molecule has 2 heterocycles. The summed E-state index contributed by atoms with van der Waals surface area (Å²) in [6, 6.07) is 37.4. The monoisotopic (exact) mass is 681 g/mol. The topological polar surface area (TPSA) is 110 Å². The highest BCUT2D eigenvalue weighted by Crippen LogP contribution is 2.58. The molecule has 0 saturated carbocycles. The predicted octanol–water partition coefficient (Wildman–Crippen LogP) is 3.90. The van der Waals surface area contributed by atoms with Crippen molar-refractivity contribution in [3.8, 4) is 0 Å². The van der Waals surface area contributed by atoms with Gasteiger partial charge in [-0.1, -0.05) is 84.9 Å². The fourth-order valence-corrected chi connectivity index (χ4v) is 13.0. The molecule has 0 spiro atoms. The van der Waals surface area contributed by atoms with Gasteiger partial charge in [-0.2, -0.15) is 0 Å². The Kier molecular flexibility index (Phi) is 9.12. The molecular weight excluding hydrogens is 643 g/mol. The number of sulfone groups is 1. The van der Waals surface area contributed by atoms with Crippen LogP contribution in [0.3, 0.4) is 0 Å². The minimum Gasteiger partial charge on any atom is -0.455 e. The van der Waals surface area contributed by atoms with Gasteiger partial charge in [0, 0.05) is 5.57 Å². The molecule has 0 radical (unpaired) electrons. The van der Waals surface area contributed by atoms with Crippen LogP contribution in [0.25, 0.3) is 0 Å². The maximum absolute atomic E-state index is 14.2. The second-order valence-electron chi connectivity index (χ2n) is 13.0. The number of nitrogens with zero attached hydrogens (tertiary/aromatic N) is 1. The molecule has 8 nitrogen and oxygen atoms in total. The Labute approximate surface area is 282 Å². The molecule has 2 amide bonds. The van der Waals surface area contributed by atoms with E-state index in [0.717, 1.165) is 26.4 Å². The molecule has 0 aromatic heterocycles. The van der Waals surface area contributed by atoms with Gasteiger partial charge in [-0.3, -0.25) is 14.5 Å². The standard InChI is InChI=1S/C38H37N2O6PS/c1-38(2,3)46-37(43)34-28(26-48(44,45)36-33(35(42)40(34)36)39-32(41)24-27-16-8-4-9-17-27)25-47(29-18-10-5-11-19-29,30-20-12-6-13-21-30)31-22-14-7-15-23-31/h4-23,33,36H,24-26H2,1-3H3/p+1/t33-,36-/m1/s1. The largest absolute Gasteiger partial charge is 0.455 e. The van der Waals surface area contributed by atoms with Crippen molar-refractivity contribution in [3.05, 3.63) is 138 Å². The highest BCUT2D eigenvalue weighted by Gasteiger charge is 2.62. The molecule has 2 aliphatic rings. The van der Waals surface area contributed by atoms with Crippen molar-refractivity contribution in [1.29, 1.82) is 0 Å². The quantitative estimate of drug-likeness (QED) is 0.163. The maximum Gasteiger partial charge on any atom is 0.355 e. The maximum atomic E-state index is 14.2. The van der Waals surface area contributed by atoms with Crippen LogP contribution in [0, 0.1) is 0 Å². The van der Waals surface area contributed by atoms with E-state index in [0.29, 0.717) is 5.57 Å². The summed E-state index contributed by atoms with van der Waals surface area (Å²) < 4.78 is 34.2. The highest BCUT2D eigenvalue weighted by atomic mass is 32.2. The van der Waals surface area contributed by atoms with E-state index in [-0.39, 0.29) is 18.3 Å². The Hall–Kier alpha value is -4.59. The first kappa shape index (κ1) is 33.3. The number of amides is 2. The van der Waals surface area contributed by atoms with Gasteiger partial charge in [-0.25, -0.2) is 13.2 Å². The van der Waals surface area contributed by atoms with Crippen molar-refractivity contribution in [3.63, 3.8) is 0 Å². The molecule has 4 aromatic rings. The lowest BCUT2D eigenvalue weighted by Crippen LogP contribution is -2.75. The number of hydrogen-bond donors (Lipinski definition) is 1. The van der Waals surface area contributed by atoms with Crippen molar-refractivity contribution < 1.29 is 27.5 Å². The van der Waals surface area contributed by atoms with Gasteiger partial charge < -0.3 is 10.1 Å². The van der Waals surface area contributed by atoms with Gasteiger partial charge in [0.2, 0.25) is 5.91 Å². The molecule has 0 unspecified atom stereocenters. The van der Waals surface area contributed by atoms with Crippen molar-refractivity contribution in [2.75, 3.05) is 11.9 Å². The summed E-state index contributed by atoms with van der Waals surface area (Å²) in [5.74, 6) is -2.38. The lowest BCUT2D eigenvalue weighted by atomic mass is 10.0. The molecule has 2 aliphatic heterocycles. The van der Waals surface area contributed by atoms with Crippen molar-refractivity contribution in [2.24, 2.45) is 0 Å². The third-order valence-corrected chi connectivity index (χ3v) is 14.9. The number of carbonyl (C=O) groups is 3. The Balaban J connectivity index is 1.49. The first-order chi connectivity index (χ1) is 22.9. The summed E-state index contributed by atoms with van der Waals surface area (Å²) in [5, 5.41) is 4.22. The van der Waals surface area contributed by atoms with Crippen LogP contribution in [0.2, 0.25) is 0 Å². The zero-order valence-corrected chi connectivity index (χ0v) is 28.8. The molecule has 0 bridgehead atoms. The van der Waals surface area contributed by atoms with E-state index >= 15 is 0 Å². The first-order valence-corrected chi connectivity index (χ1v) is 19.5. The number of fused-ring (bicyclic) bond motifs is 1. The lowest BCUT2D eigenvalue weighted by molar-refractivity contribution is -0.159. The molecular formula is C38H38N2O6PS+. The number of nitrogens with one attached hydrogen (secondary N) is 1. The smallest absolute Gasteiger partial charge is 0.355 e.